The first-order valence-corrected chi connectivity index (χ1v) is 7.33. The van der Waals surface area contributed by atoms with Crippen molar-refractivity contribution in [3.8, 4) is 11.8 Å². The molecule has 0 fully saturated rings. The molecule has 0 heterocycles. The minimum Gasteiger partial charge on any atom is -0.484 e. The molecule has 6 nitrogen and oxygen atoms in total. The molecule has 2 rings (SSSR count). The van der Waals surface area contributed by atoms with Gasteiger partial charge in [0.05, 0.1) is 12.5 Å². The monoisotopic (exact) mass is 323 g/mol. The molecule has 0 aliphatic heterocycles. The summed E-state index contributed by atoms with van der Waals surface area (Å²) in [4.78, 5) is 22.8. The van der Waals surface area contributed by atoms with Crippen molar-refractivity contribution in [1.82, 2.24) is 0 Å². The van der Waals surface area contributed by atoms with Gasteiger partial charge in [0.1, 0.15) is 5.75 Å². The number of amides is 2. The third-order valence-electron chi connectivity index (χ3n) is 3.07. The summed E-state index contributed by atoms with van der Waals surface area (Å²) < 4.78 is 5.39. The number of nitriles is 1. The second-order valence-electron chi connectivity index (χ2n) is 5.07. The fourth-order valence-corrected chi connectivity index (χ4v) is 1.98. The van der Waals surface area contributed by atoms with E-state index >= 15 is 0 Å². The van der Waals surface area contributed by atoms with E-state index in [0.717, 1.165) is 5.56 Å². The summed E-state index contributed by atoms with van der Waals surface area (Å²) in [6.07, 6.45) is 0.339. The molecule has 0 unspecified atom stereocenters. The van der Waals surface area contributed by atoms with Crippen LogP contribution >= 0.6 is 0 Å². The van der Waals surface area contributed by atoms with Gasteiger partial charge in [-0.15, -0.1) is 0 Å². The van der Waals surface area contributed by atoms with Gasteiger partial charge >= 0.3 is 0 Å². The third kappa shape index (κ3) is 5.46. The fraction of sp³-hybridized carbons (Fsp3) is 0.167. The molecule has 2 aromatic rings. The van der Waals surface area contributed by atoms with E-state index in [1.165, 1.54) is 6.92 Å². The minimum atomic E-state index is -0.283. The lowest BCUT2D eigenvalue weighted by Gasteiger charge is -2.09. The molecule has 0 spiro atoms. The topological polar surface area (TPSA) is 91.2 Å². The van der Waals surface area contributed by atoms with Gasteiger partial charge in [-0.1, -0.05) is 12.1 Å². The van der Waals surface area contributed by atoms with Crippen molar-refractivity contribution in [3.05, 3.63) is 54.1 Å². The van der Waals surface area contributed by atoms with Gasteiger partial charge in [-0.2, -0.15) is 5.26 Å². The SMILES string of the molecule is CC(=O)Nc1ccc(OCC(=O)Nc2ccc(CC#N)cc2)cc1. The molecule has 0 saturated heterocycles. The van der Waals surface area contributed by atoms with Gasteiger partial charge in [-0.05, 0) is 42.0 Å². The molecule has 0 radical (unpaired) electrons. The Morgan fingerprint density at radius 1 is 1.00 bits per heavy atom. The zero-order chi connectivity index (χ0) is 17.4. The number of ether oxygens (including phenoxy) is 1. The van der Waals surface area contributed by atoms with Crippen molar-refractivity contribution >= 4 is 23.2 Å². The van der Waals surface area contributed by atoms with Crippen molar-refractivity contribution in [2.75, 3.05) is 17.2 Å². The molecule has 0 bridgehead atoms. The Morgan fingerprint density at radius 3 is 2.17 bits per heavy atom. The van der Waals surface area contributed by atoms with Crippen LogP contribution in [0.2, 0.25) is 0 Å². The van der Waals surface area contributed by atoms with E-state index in [1.54, 1.807) is 48.5 Å². The molecule has 6 heteroatoms. The van der Waals surface area contributed by atoms with E-state index in [2.05, 4.69) is 16.7 Å². The van der Waals surface area contributed by atoms with E-state index in [0.29, 0.717) is 23.5 Å². The third-order valence-corrected chi connectivity index (χ3v) is 3.07. The maximum Gasteiger partial charge on any atom is 0.262 e. The number of carbonyl (C=O) groups excluding carboxylic acids is 2. The van der Waals surface area contributed by atoms with Crippen molar-refractivity contribution in [1.29, 1.82) is 5.26 Å². The molecule has 2 aromatic carbocycles. The van der Waals surface area contributed by atoms with Crippen LogP contribution in [0.4, 0.5) is 11.4 Å². The van der Waals surface area contributed by atoms with E-state index in [9.17, 15) is 9.59 Å². The van der Waals surface area contributed by atoms with Gasteiger partial charge in [-0.25, -0.2) is 0 Å². The highest BCUT2D eigenvalue weighted by Crippen LogP contribution is 2.16. The van der Waals surface area contributed by atoms with Crippen molar-refractivity contribution in [2.45, 2.75) is 13.3 Å². The summed E-state index contributed by atoms with van der Waals surface area (Å²) in [5, 5.41) is 14.0. The largest absolute Gasteiger partial charge is 0.484 e. The normalized spacial score (nSPS) is 9.67. The lowest BCUT2D eigenvalue weighted by molar-refractivity contribution is -0.118. The molecular weight excluding hydrogens is 306 g/mol. The number of rotatable bonds is 6. The lowest BCUT2D eigenvalue weighted by Crippen LogP contribution is -2.20. The number of benzene rings is 2. The van der Waals surface area contributed by atoms with Crippen molar-refractivity contribution in [3.63, 3.8) is 0 Å². The standard InChI is InChI=1S/C18H17N3O3/c1-13(22)20-15-6-8-17(9-7-15)24-12-18(23)21-16-4-2-14(3-5-16)10-11-19/h2-9H,10,12H2,1H3,(H,20,22)(H,21,23). The summed E-state index contributed by atoms with van der Waals surface area (Å²) in [6.45, 7) is 1.31. The minimum absolute atomic E-state index is 0.126. The number of nitrogens with zero attached hydrogens (tertiary/aromatic N) is 1. The number of hydrogen-bond acceptors (Lipinski definition) is 4. The average molecular weight is 323 g/mol. The van der Waals surface area contributed by atoms with Gasteiger partial charge in [0, 0.05) is 18.3 Å². The van der Waals surface area contributed by atoms with Gasteiger partial charge in [0.25, 0.3) is 5.91 Å². The van der Waals surface area contributed by atoms with E-state index in [4.69, 9.17) is 10.00 Å². The summed E-state index contributed by atoms with van der Waals surface area (Å²) in [6, 6.07) is 15.9. The Kier molecular flexibility index (Phi) is 5.92. The Balaban J connectivity index is 1.82. The van der Waals surface area contributed by atoms with Gasteiger partial charge in [-0.3, -0.25) is 9.59 Å². The first-order valence-electron chi connectivity index (χ1n) is 7.33. The van der Waals surface area contributed by atoms with E-state index in [1.807, 2.05) is 0 Å². The molecule has 2 N–H and O–H groups in total. The van der Waals surface area contributed by atoms with Crippen LogP contribution in [0.15, 0.2) is 48.5 Å². The van der Waals surface area contributed by atoms with Crippen LogP contribution in [-0.4, -0.2) is 18.4 Å². The number of hydrogen-bond donors (Lipinski definition) is 2. The fourth-order valence-electron chi connectivity index (χ4n) is 1.98. The second kappa shape index (κ2) is 8.34. The summed E-state index contributed by atoms with van der Waals surface area (Å²) in [5.41, 5.74) is 2.20. The highest BCUT2D eigenvalue weighted by molar-refractivity contribution is 5.92. The summed E-state index contributed by atoms with van der Waals surface area (Å²) in [7, 11) is 0. The quantitative estimate of drug-likeness (QED) is 0.855. The van der Waals surface area contributed by atoms with Gasteiger partial charge in [0.15, 0.2) is 6.61 Å². The average Bonchev–Trinajstić information content (AvgIpc) is 2.56. The molecule has 0 saturated carbocycles. The number of nitrogens with one attached hydrogen (secondary N) is 2. The summed E-state index contributed by atoms with van der Waals surface area (Å²) >= 11 is 0. The van der Waals surface area contributed by atoms with Gasteiger partial charge < -0.3 is 15.4 Å². The number of anilines is 2. The Bertz CT molecular complexity index is 747. The zero-order valence-corrected chi connectivity index (χ0v) is 13.2. The van der Waals surface area contributed by atoms with Crippen LogP contribution in [-0.2, 0) is 16.0 Å². The van der Waals surface area contributed by atoms with E-state index in [-0.39, 0.29) is 18.4 Å². The van der Waals surface area contributed by atoms with E-state index < -0.39 is 0 Å². The van der Waals surface area contributed by atoms with Crippen LogP contribution < -0.4 is 15.4 Å². The molecule has 0 aliphatic rings. The molecule has 0 aromatic heterocycles. The second-order valence-corrected chi connectivity index (χ2v) is 5.07. The van der Waals surface area contributed by atoms with Crippen molar-refractivity contribution < 1.29 is 14.3 Å². The Labute approximate surface area is 140 Å². The maximum atomic E-state index is 11.9. The summed E-state index contributed by atoms with van der Waals surface area (Å²) in [5.74, 6) is 0.0985. The first-order chi connectivity index (χ1) is 11.6. The maximum absolute atomic E-state index is 11.9. The molecule has 0 atom stereocenters. The Morgan fingerprint density at radius 2 is 1.58 bits per heavy atom. The zero-order valence-electron chi connectivity index (χ0n) is 13.2. The van der Waals surface area contributed by atoms with Crippen LogP contribution in [0.5, 0.6) is 5.75 Å². The Hall–Kier alpha value is -3.33. The highest BCUT2D eigenvalue weighted by atomic mass is 16.5. The van der Waals surface area contributed by atoms with Crippen LogP contribution in [0.25, 0.3) is 0 Å². The lowest BCUT2D eigenvalue weighted by atomic mass is 10.1. The highest BCUT2D eigenvalue weighted by Gasteiger charge is 2.04. The predicted molar refractivity (Wildman–Crippen MR) is 90.6 cm³/mol. The first kappa shape index (κ1) is 17.0. The molecule has 122 valence electrons. The predicted octanol–water partition coefficient (Wildman–Crippen LogP) is 2.73. The number of carbonyl (C=O) groups is 2. The van der Waals surface area contributed by atoms with Crippen LogP contribution in [0.3, 0.4) is 0 Å². The van der Waals surface area contributed by atoms with Crippen LogP contribution in [0.1, 0.15) is 12.5 Å². The molecular formula is C18H17N3O3. The molecule has 2 amide bonds. The molecule has 24 heavy (non-hydrogen) atoms. The van der Waals surface area contributed by atoms with Gasteiger partial charge in [0.2, 0.25) is 5.91 Å². The van der Waals surface area contributed by atoms with Crippen LogP contribution in [0, 0.1) is 11.3 Å². The van der Waals surface area contributed by atoms with Crippen molar-refractivity contribution in [2.24, 2.45) is 0 Å². The molecule has 0 aliphatic carbocycles. The smallest absolute Gasteiger partial charge is 0.262 e.